The molecule has 5 atom stereocenters. The minimum Gasteiger partial charge on any atom is -0.410 e. The molecule has 0 aromatic heterocycles. The van der Waals surface area contributed by atoms with E-state index in [9.17, 15) is 9.90 Å². The number of ether oxygens (including phenoxy) is 1. The summed E-state index contributed by atoms with van der Waals surface area (Å²) >= 11 is 11.6. The van der Waals surface area contributed by atoms with E-state index >= 15 is 0 Å². The van der Waals surface area contributed by atoms with Gasteiger partial charge in [-0.3, -0.25) is 0 Å². The van der Waals surface area contributed by atoms with Gasteiger partial charge in [-0.15, -0.1) is 23.2 Å². The van der Waals surface area contributed by atoms with E-state index < -0.39 is 6.09 Å². The van der Waals surface area contributed by atoms with E-state index in [1.54, 1.807) is 4.90 Å². The molecule has 29 heavy (non-hydrogen) atoms. The van der Waals surface area contributed by atoms with Crippen LogP contribution in [0.1, 0.15) is 56.1 Å². The van der Waals surface area contributed by atoms with Crippen molar-refractivity contribution in [2.24, 2.45) is 17.3 Å². The Morgan fingerprint density at radius 1 is 1.21 bits per heavy atom. The second-order valence-electron chi connectivity index (χ2n) is 9.15. The Morgan fingerprint density at radius 2 is 1.97 bits per heavy atom. The summed E-state index contributed by atoms with van der Waals surface area (Å²) in [7, 11) is 0. The van der Waals surface area contributed by atoms with Gasteiger partial charge < -0.3 is 14.7 Å². The number of halogens is 2. The number of rotatable bonds is 5. The summed E-state index contributed by atoms with van der Waals surface area (Å²) in [4.78, 5) is 14.0. The van der Waals surface area contributed by atoms with Gasteiger partial charge in [-0.2, -0.15) is 0 Å². The Hall–Kier alpha value is -0.970. The maximum absolute atomic E-state index is 12.4. The largest absolute Gasteiger partial charge is 0.415 e. The predicted molar refractivity (Wildman–Crippen MR) is 116 cm³/mol. The fourth-order valence-electron chi connectivity index (χ4n) is 6.26. The molecule has 1 aromatic carbocycles. The van der Waals surface area contributed by atoms with Crippen molar-refractivity contribution in [1.82, 2.24) is 4.90 Å². The average molecular weight is 440 g/mol. The quantitative estimate of drug-likeness (QED) is 0.642. The van der Waals surface area contributed by atoms with Gasteiger partial charge in [0.25, 0.3) is 0 Å². The number of benzene rings is 1. The molecular formula is C23H31Cl2NO3. The first-order chi connectivity index (χ1) is 14.0. The van der Waals surface area contributed by atoms with Crippen LogP contribution in [0.15, 0.2) is 18.2 Å². The normalized spacial score (nSPS) is 32.8. The van der Waals surface area contributed by atoms with Crippen LogP contribution in [0.5, 0.6) is 5.75 Å². The number of amides is 1. The van der Waals surface area contributed by atoms with Gasteiger partial charge in [0.05, 0.1) is 6.10 Å². The van der Waals surface area contributed by atoms with Gasteiger partial charge >= 0.3 is 6.09 Å². The Labute approximate surface area is 183 Å². The number of carbonyl (C=O) groups is 1. The summed E-state index contributed by atoms with van der Waals surface area (Å²) < 4.78 is 5.62. The van der Waals surface area contributed by atoms with E-state index in [1.807, 2.05) is 12.1 Å². The van der Waals surface area contributed by atoms with Crippen LogP contribution in [0.3, 0.4) is 0 Å². The van der Waals surface area contributed by atoms with Gasteiger partial charge in [-0.25, -0.2) is 4.79 Å². The summed E-state index contributed by atoms with van der Waals surface area (Å²) in [5.74, 6) is 3.16. The van der Waals surface area contributed by atoms with Crippen molar-refractivity contribution in [2.75, 3.05) is 24.8 Å². The number of alkyl halides is 2. The third kappa shape index (κ3) is 3.88. The summed E-state index contributed by atoms with van der Waals surface area (Å²) in [6.07, 6.45) is 5.98. The molecule has 3 aliphatic carbocycles. The standard InChI is InChI=1S/C23H31Cl2NO3/c1-23-9-8-18-17-5-3-16(29-22(28)26(12-10-24)13-11-25)14-15(17)2-4-19(18)20(23)6-7-21(23)27/h3,5,14,18-21,27H,2,4,6-13H2,1H3/t18-,19+,20+,21+,23+/m1/s1. The van der Waals surface area contributed by atoms with Crippen molar-refractivity contribution in [1.29, 1.82) is 0 Å². The fraction of sp³-hybridized carbons (Fsp3) is 0.696. The Bertz CT molecular complexity index is 752. The smallest absolute Gasteiger partial charge is 0.410 e. The second-order valence-corrected chi connectivity index (χ2v) is 9.90. The molecule has 160 valence electrons. The molecule has 0 unspecified atom stereocenters. The molecule has 0 heterocycles. The Morgan fingerprint density at radius 3 is 2.69 bits per heavy atom. The highest BCUT2D eigenvalue weighted by Crippen LogP contribution is 2.60. The predicted octanol–water partition coefficient (Wildman–Crippen LogP) is 5.18. The van der Waals surface area contributed by atoms with Crippen molar-refractivity contribution in [3.63, 3.8) is 0 Å². The van der Waals surface area contributed by atoms with Gasteiger partial charge in [0.1, 0.15) is 5.75 Å². The van der Waals surface area contributed by atoms with Crippen LogP contribution in [0.25, 0.3) is 0 Å². The summed E-state index contributed by atoms with van der Waals surface area (Å²) in [5, 5.41) is 10.5. The topological polar surface area (TPSA) is 49.8 Å². The number of aliphatic hydroxyl groups excluding tert-OH is 1. The minimum absolute atomic E-state index is 0.0996. The lowest BCUT2D eigenvalue weighted by molar-refractivity contribution is -0.0226. The molecule has 0 saturated heterocycles. The summed E-state index contributed by atoms with van der Waals surface area (Å²) in [6, 6.07) is 6.13. The molecule has 2 fully saturated rings. The van der Waals surface area contributed by atoms with Crippen LogP contribution in [0.4, 0.5) is 4.79 Å². The first kappa shape index (κ1) is 21.3. The molecule has 6 heteroatoms. The van der Waals surface area contributed by atoms with Gasteiger partial charge in [-0.1, -0.05) is 13.0 Å². The van der Waals surface area contributed by atoms with E-state index in [0.717, 1.165) is 38.5 Å². The number of aryl methyl sites for hydroxylation is 1. The van der Waals surface area contributed by atoms with E-state index in [0.29, 0.717) is 48.4 Å². The number of hydrogen-bond acceptors (Lipinski definition) is 3. The summed E-state index contributed by atoms with van der Waals surface area (Å²) in [6.45, 7) is 3.15. The first-order valence-corrected chi connectivity index (χ1v) is 11.9. The van der Waals surface area contributed by atoms with Crippen LogP contribution < -0.4 is 4.74 Å². The van der Waals surface area contributed by atoms with Crippen LogP contribution in [0, 0.1) is 17.3 Å². The average Bonchev–Trinajstić information content (AvgIpc) is 3.02. The highest BCUT2D eigenvalue weighted by Gasteiger charge is 2.54. The van der Waals surface area contributed by atoms with Crippen LogP contribution in [0.2, 0.25) is 0 Å². The lowest BCUT2D eigenvalue weighted by Crippen LogP contribution is -2.43. The van der Waals surface area contributed by atoms with Crippen LogP contribution in [-0.2, 0) is 6.42 Å². The number of fused-ring (bicyclic) bond motifs is 5. The van der Waals surface area contributed by atoms with Gasteiger partial charge in [0.15, 0.2) is 0 Å². The molecule has 4 rings (SSSR count). The zero-order valence-electron chi connectivity index (χ0n) is 17.1. The molecule has 0 radical (unpaired) electrons. The van der Waals surface area contributed by atoms with Gasteiger partial charge in [0, 0.05) is 24.8 Å². The molecule has 1 N–H and O–H groups in total. The maximum Gasteiger partial charge on any atom is 0.415 e. The van der Waals surface area contributed by atoms with Crippen LogP contribution >= 0.6 is 23.2 Å². The number of aliphatic hydroxyl groups is 1. The zero-order chi connectivity index (χ0) is 20.6. The lowest BCUT2D eigenvalue weighted by Gasteiger charge is -2.50. The van der Waals surface area contributed by atoms with E-state index in [4.69, 9.17) is 27.9 Å². The fourth-order valence-corrected chi connectivity index (χ4v) is 6.67. The van der Waals surface area contributed by atoms with E-state index in [1.165, 1.54) is 11.1 Å². The monoisotopic (exact) mass is 439 g/mol. The third-order valence-electron chi connectivity index (χ3n) is 7.82. The van der Waals surface area contributed by atoms with Crippen molar-refractivity contribution in [3.8, 4) is 5.75 Å². The van der Waals surface area contributed by atoms with Gasteiger partial charge in [-0.05, 0) is 85.0 Å². The molecular weight excluding hydrogens is 409 g/mol. The summed E-state index contributed by atoms with van der Waals surface area (Å²) in [5.41, 5.74) is 2.82. The SMILES string of the molecule is C[C@]12CC[C@@H]3c4ccc(OC(=O)N(CCCl)CCCl)cc4CC[C@@H]3[C@@H]1CC[C@@H]2O. The Balaban J connectivity index is 1.49. The zero-order valence-corrected chi connectivity index (χ0v) is 18.6. The molecule has 4 nitrogen and oxygen atoms in total. The Kier molecular flexibility index (Phi) is 6.34. The number of carbonyl (C=O) groups excluding carboxylic acids is 1. The minimum atomic E-state index is -0.395. The van der Waals surface area contributed by atoms with Crippen molar-refractivity contribution in [3.05, 3.63) is 29.3 Å². The van der Waals surface area contributed by atoms with Crippen molar-refractivity contribution >= 4 is 29.3 Å². The maximum atomic E-state index is 12.4. The van der Waals surface area contributed by atoms with Gasteiger partial charge in [0.2, 0.25) is 0 Å². The number of hydrogen-bond donors (Lipinski definition) is 1. The van der Waals surface area contributed by atoms with Crippen molar-refractivity contribution < 1.29 is 14.6 Å². The second kappa shape index (κ2) is 8.64. The number of nitrogens with zero attached hydrogens (tertiary/aromatic N) is 1. The molecule has 0 bridgehead atoms. The highest BCUT2D eigenvalue weighted by molar-refractivity contribution is 6.18. The van der Waals surface area contributed by atoms with E-state index in [2.05, 4.69) is 13.0 Å². The van der Waals surface area contributed by atoms with E-state index in [-0.39, 0.29) is 11.5 Å². The molecule has 0 spiro atoms. The molecule has 3 aliphatic rings. The lowest BCUT2D eigenvalue weighted by atomic mass is 9.55. The molecule has 1 aromatic rings. The van der Waals surface area contributed by atoms with Crippen LogP contribution in [-0.4, -0.2) is 47.1 Å². The highest BCUT2D eigenvalue weighted by atomic mass is 35.5. The third-order valence-corrected chi connectivity index (χ3v) is 8.16. The molecule has 1 amide bonds. The van der Waals surface area contributed by atoms with Crippen molar-refractivity contribution in [2.45, 2.75) is 57.5 Å². The first-order valence-electron chi connectivity index (χ1n) is 10.9. The molecule has 2 saturated carbocycles. The molecule has 0 aliphatic heterocycles.